The van der Waals surface area contributed by atoms with E-state index in [1.165, 1.54) is 11.3 Å². The maximum atomic E-state index is 11.9. The van der Waals surface area contributed by atoms with Crippen LogP contribution in [0.5, 0.6) is 5.75 Å². The van der Waals surface area contributed by atoms with Crippen molar-refractivity contribution in [3.8, 4) is 17.2 Å². The molecule has 0 aliphatic carbocycles. The van der Waals surface area contributed by atoms with Crippen LogP contribution in [-0.4, -0.2) is 17.5 Å². The molecule has 1 N–H and O–H groups in total. The summed E-state index contributed by atoms with van der Waals surface area (Å²) in [4.78, 5) is 16.2. The molecule has 0 atom stereocenters. The number of halogens is 1. The van der Waals surface area contributed by atoms with Gasteiger partial charge in [0.05, 0.1) is 0 Å². The molecule has 0 bridgehead atoms. The molecule has 1 aromatic carbocycles. The standard InChI is InChI=1S/C16H13BrN2O3S/c1-10-5-6-14(22-10)13-9-23-16(18-13)19-15(20)8-21-12-4-2-3-11(17)7-12/h2-7,9H,8H2,1H3,(H,18,19,20). The first-order valence-electron chi connectivity index (χ1n) is 6.81. The highest BCUT2D eigenvalue weighted by molar-refractivity contribution is 9.10. The van der Waals surface area contributed by atoms with E-state index in [0.29, 0.717) is 22.3 Å². The molecule has 0 spiro atoms. The zero-order valence-electron chi connectivity index (χ0n) is 12.2. The Morgan fingerprint density at radius 2 is 2.26 bits per heavy atom. The maximum Gasteiger partial charge on any atom is 0.264 e. The van der Waals surface area contributed by atoms with Crippen LogP contribution in [0, 0.1) is 6.92 Å². The van der Waals surface area contributed by atoms with Gasteiger partial charge in [-0.25, -0.2) is 4.98 Å². The molecule has 1 amide bonds. The number of aromatic nitrogens is 1. The van der Waals surface area contributed by atoms with Crippen LogP contribution in [-0.2, 0) is 4.79 Å². The highest BCUT2D eigenvalue weighted by atomic mass is 79.9. The van der Waals surface area contributed by atoms with Crippen molar-refractivity contribution in [2.45, 2.75) is 6.92 Å². The minimum Gasteiger partial charge on any atom is -0.484 e. The van der Waals surface area contributed by atoms with E-state index in [0.717, 1.165) is 10.2 Å². The van der Waals surface area contributed by atoms with Crippen molar-refractivity contribution in [3.63, 3.8) is 0 Å². The number of carbonyl (C=O) groups is 1. The summed E-state index contributed by atoms with van der Waals surface area (Å²) in [5.41, 5.74) is 0.700. The first kappa shape index (κ1) is 15.8. The fraction of sp³-hybridized carbons (Fsp3) is 0.125. The summed E-state index contributed by atoms with van der Waals surface area (Å²) in [6.45, 7) is 1.79. The number of hydrogen-bond acceptors (Lipinski definition) is 5. The Kier molecular flexibility index (Phi) is 4.78. The quantitative estimate of drug-likeness (QED) is 0.694. The third kappa shape index (κ3) is 4.20. The van der Waals surface area contributed by atoms with Gasteiger partial charge < -0.3 is 9.15 Å². The van der Waals surface area contributed by atoms with Gasteiger partial charge in [0.15, 0.2) is 17.5 Å². The number of amides is 1. The van der Waals surface area contributed by atoms with Crippen molar-refractivity contribution < 1.29 is 13.9 Å². The third-order valence-electron chi connectivity index (χ3n) is 2.91. The summed E-state index contributed by atoms with van der Waals surface area (Å²) < 4.78 is 11.8. The van der Waals surface area contributed by atoms with Crippen LogP contribution < -0.4 is 10.1 Å². The Balaban J connectivity index is 1.57. The molecule has 0 saturated heterocycles. The number of nitrogens with one attached hydrogen (secondary N) is 1. The molecule has 7 heteroatoms. The summed E-state index contributed by atoms with van der Waals surface area (Å²) in [5.74, 6) is 1.87. The van der Waals surface area contributed by atoms with E-state index < -0.39 is 0 Å². The lowest BCUT2D eigenvalue weighted by atomic mass is 10.3. The molecule has 2 aromatic heterocycles. The molecule has 0 aliphatic heterocycles. The first-order valence-corrected chi connectivity index (χ1v) is 8.48. The third-order valence-corrected chi connectivity index (χ3v) is 4.16. The number of furan rings is 1. The second-order valence-electron chi connectivity index (χ2n) is 4.74. The smallest absolute Gasteiger partial charge is 0.264 e. The minimum atomic E-state index is -0.262. The van der Waals surface area contributed by atoms with Crippen molar-refractivity contribution in [2.75, 3.05) is 11.9 Å². The molecule has 3 rings (SSSR count). The Bertz CT molecular complexity index is 828. The number of nitrogens with zero attached hydrogens (tertiary/aromatic N) is 1. The van der Waals surface area contributed by atoms with Crippen molar-refractivity contribution >= 4 is 38.3 Å². The topological polar surface area (TPSA) is 64.4 Å². The van der Waals surface area contributed by atoms with Gasteiger partial charge in [0.1, 0.15) is 17.2 Å². The molecule has 0 saturated carbocycles. The van der Waals surface area contributed by atoms with Gasteiger partial charge in [0, 0.05) is 9.85 Å². The van der Waals surface area contributed by atoms with Gasteiger partial charge in [0.25, 0.3) is 5.91 Å². The second-order valence-corrected chi connectivity index (χ2v) is 6.52. The summed E-state index contributed by atoms with van der Waals surface area (Å²) in [5, 5.41) is 5.06. The SMILES string of the molecule is Cc1ccc(-c2csc(NC(=O)COc3cccc(Br)c3)n2)o1. The first-order chi connectivity index (χ1) is 11.1. The monoisotopic (exact) mass is 392 g/mol. The van der Waals surface area contributed by atoms with Crippen LogP contribution in [0.15, 0.2) is 50.7 Å². The van der Waals surface area contributed by atoms with Crippen LogP contribution in [0.2, 0.25) is 0 Å². The number of benzene rings is 1. The molecule has 5 nitrogen and oxygen atoms in total. The molecular formula is C16H13BrN2O3S. The van der Waals surface area contributed by atoms with Crippen LogP contribution in [0.4, 0.5) is 5.13 Å². The van der Waals surface area contributed by atoms with Crippen LogP contribution >= 0.6 is 27.3 Å². The summed E-state index contributed by atoms with van der Waals surface area (Å²) >= 11 is 4.69. The molecule has 0 radical (unpaired) electrons. The van der Waals surface area contributed by atoms with E-state index >= 15 is 0 Å². The number of hydrogen-bond donors (Lipinski definition) is 1. The zero-order chi connectivity index (χ0) is 16.2. The number of carbonyl (C=O) groups excluding carboxylic acids is 1. The second kappa shape index (κ2) is 6.97. The van der Waals surface area contributed by atoms with Gasteiger partial charge in [-0.2, -0.15) is 0 Å². The fourth-order valence-electron chi connectivity index (χ4n) is 1.88. The zero-order valence-corrected chi connectivity index (χ0v) is 14.6. The molecule has 0 fully saturated rings. The highest BCUT2D eigenvalue weighted by Crippen LogP contribution is 2.26. The molecule has 0 unspecified atom stereocenters. The predicted molar refractivity (Wildman–Crippen MR) is 92.8 cm³/mol. The van der Waals surface area contributed by atoms with E-state index in [4.69, 9.17) is 9.15 Å². The number of thiazole rings is 1. The normalized spacial score (nSPS) is 10.5. The molecule has 118 valence electrons. The predicted octanol–water partition coefficient (Wildman–Crippen LogP) is 4.49. The minimum absolute atomic E-state index is 0.0781. The van der Waals surface area contributed by atoms with E-state index in [2.05, 4.69) is 26.2 Å². The van der Waals surface area contributed by atoms with Crippen molar-refractivity contribution in [1.29, 1.82) is 0 Å². The van der Waals surface area contributed by atoms with Gasteiger partial charge in [-0.15, -0.1) is 11.3 Å². The Labute approximate surface area is 145 Å². The van der Waals surface area contributed by atoms with Gasteiger partial charge in [-0.3, -0.25) is 10.1 Å². The molecule has 3 aromatic rings. The Morgan fingerprint density at radius 1 is 1.39 bits per heavy atom. The van der Waals surface area contributed by atoms with Crippen molar-refractivity contribution in [1.82, 2.24) is 4.98 Å². The largest absolute Gasteiger partial charge is 0.484 e. The molecule has 0 aliphatic rings. The lowest BCUT2D eigenvalue weighted by Crippen LogP contribution is -2.20. The van der Waals surface area contributed by atoms with Crippen LogP contribution in [0.25, 0.3) is 11.5 Å². The summed E-state index contributed by atoms with van der Waals surface area (Å²) in [7, 11) is 0. The summed E-state index contributed by atoms with van der Waals surface area (Å²) in [6, 6.07) is 11.0. The lowest BCUT2D eigenvalue weighted by Gasteiger charge is -2.05. The van der Waals surface area contributed by atoms with E-state index in [1.54, 1.807) is 12.1 Å². The van der Waals surface area contributed by atoms with E-state index in [-0.39, 0.29) is 12.5 Å². The van der Waals surface area contributed by atoms with Crippen molar-refractivity contribution in [2.24, 2.45) is 0 Å². The number of ether oxygens (including phenoxy) is 1. The average Bonchev–Trinajstić information content (AvgIpc) is 3.14. The maximum absolute atomic E-state index is 11.9. The Hall–Kier alpha value is -2.12. The lowest BCUT2D eigenvalue weighted by molar-refractivity contribution is -0.118. The molecular weight excluding hydrogens is 380 g/mol. The van der Waals surface area contributed by atoms with E-state index in [9.17, 15) is 4.79 Å². The highest BCUT2D eigenvalue weighted by Gasteiger charge is 2.11. The van der Waals surface area contributed by atoms with Gasteiger partial charge >= 0.3 is 0 Å². The van der Waals surface area contributed by atoms with E-state index in [1.807, 2.05) is 36.6 Å². The van der Waals surface area contributed by atoms with Gasteiger partial charge in [0.2, 0.25) is 0 Å². The Morgan fingerprint density at radius 3 is 3.00 bits per heavy atom. The average molecular weight is 393 g/mol. The summed E-state index contributed by atoms with van der Waals surface area (Å²) in [6.07, 6.45) is 0. The number of rotatable bonds is 5. The van der Waals surface area contributed by atoms with Crippen molar-refractivity contribution in [3.05, 3.63) is 52.0 Å². The van der Waals surface area contributed by atoms with Gasteiger partial charge in [-0.05, 0) is 37.3 Å². The number of aryl methyl sites for hydroxylation is 1. The molecule has 23 heavy (non-hydrogen) atoms. The number of anilines is 1. The molecule has 2 heterocycles. The van der Waals surface area contributed by atoms with Crippen LogP contribution in [0.1, 0.15) is 5.76 Å². The van der Waals surface area contributed by atoms with Gasteiger partial charge in [-0.1, -0.05) is 22.0 Å². The fourth-order valence-corrected chi connectivity index (χ4v) is 2.97. The van der Waals surface area contributed by atoms with Crippen LogP contribution in [0.3, 0.4) is 0 Å².